The molecule has 0 aliphatic carbocycles. The maximum absolute atomic E-state index is 13.3. The van der Waals surface area contributed by atoms with Crippen LogP contribution in [-0.2, 0) is 4.79 Å². The lowest BCUT2D eigenvalue weighted by atomic mass is 10.1. The minimum absolute atomic E-state index is 0.107. The Kier molecular flexibility index (Phi) is 3.28. The minimum Gasteiger partial charge on any atom is -0.497 e. The molecule has 1 rings (SSSR count). The average Bonchev–Trinajstić information content (AvgIpc) is 2.20. The summed E-state index contributed by atoms with van der Waals surface area (Å²) in [6.45, 7) is 0. The van der Waals surface area contributed by atoms with Gasteiger partial charge in [-0.3, -0.25) is 0 Å². The van der Waals surface area contributed by atoms with Gasteiger partial charge in [0.1, 0.15) is 17.3 Å². The first-order valence-corrected chi connectivity index (χ1v) is 4.08. The molecular weight excluding hydrogens is 201 g/mol. The fourth-order valence-electron chi connectivity index (χ4n) is 0.981. The Morgan fingerprint density at radius 3 is 2.73 bits per heavy atom. The van der Waals surface area contributed by atoms with Crippen molar-refractivity contribution in [1.29, 1.82) is 0 Å². The summed E-state index contributed by atoms with van der Waals surface area (Å²) >= 11 is 0. The number of aliphatic carboxylic acids is 1. The molecule has 0 saturated carbocycles. The van der Waals surface area contributed by atoms with Crippen LogP contribution in [0.4, 0.5) is 4.39 Å². The van der Waals surface area contributed by atoms with E-state index in [1.54, 1.807) is 0 Å². The summed E-state index contributed by atoms with van der Waals surface area (Å²) in [6, 6.07) is 4.06. The molecule has 1 aromatic carbocycles. The summed E-state index contributed by atoms with van der Waals surface area (Å²) in [5, 5.41) is 8.49. The number of benzene rings is 1. The molecule has 0 heterocycles. The molecule has 5 heteroatoms. The summed E-state index contributed by atoms with van der Waals surface area (Å²) in [7, 11) is 1.41. The van der Waals surface area contributed by atoms with Gasteiger partial charge in [-0.1, -0.05) is 0 Å². The van der Waals surface area contributed by atoms with E-state index in [4.69, 9.17) is 15.6 Å². The van der Waals surface area contributed by atoms with Crippen LogP contribution >= 0.6 is 0 Å². The molecule has 0 bridgehead atoms. The monoisotopic (exact) mass is 211 g/mol. The maximum atomic E-state index is 13.3. The van der Waals surface area contributed by atoms with E-state index in [1.165, 1.54) is 19.2 Å². The molecule has 1 aromatic rings. The zero-order valence-electron chi connectivity index (χ0n) is 8.03. The van der Waals surface area contributed by atoms with Gasteiger partial charge in [0.05, 0.1) is 7.11 Å². The number of carboxylic acids is 1. The fourth-order valence-corrected chi connectivity index (χ4v) is 0.981. The molecule has 0 amide bonds. The van der Waals surface area contributed by atoms with Crippen LogP contribution in [0.5, 0.6) is 5.75 Å². The second kappa shape index (κ2) is 4.45. The second-order valence-electron chi connectivity index (χ2n) is 2.79. The van der Waals surface area contributed by atoms with E-state index in [1.807, 2.05) is 0 Å². The quantitative estimate of drug-likeness (QED) is 0.737. The lowest BCUT2D eigenvalue weighted by molar-refractivity contribution is -0.132. The van der Waals surface area contributed by atoms with Crippen LogP contribution in [0.2, 0.25) is 0 Å². The number of hydrogen-bond donors (Lipinski definition) is 2. The topological polar surface area (TPSA) is 72.5 Å². The number of nitrogens with two attached hydrogens (primary N) is 1. The standard InChI is InChI=1S/C10H10FNO3/c1-15-7-3-2-6(8(11)5-7)4-9(12)10(13)14/h2-5H,12H2,1H3,(H,13,14). The molecule has 0 aliphatic rings. The number of carbonyl (C=O) groups is 1. The lowest BCUT2D eigenvalue weighted by Gasteiger charge is -2.02. The predicted octanol–water partition coefficient (Wildman–Crippen LogP) is 1.22. The molecule has 0 aliphatic heterocycles. The molecule has 0 unspecified atom stereocenters. The van der Waals surface area contributed by atoms with Gasteiger partial charge in [-0.05, 0) is 18.2 Å². The molecule has 3 N–H and O–H groups in total. The van der Waals surface area contributed by atoms with Gasteiger partial charge in [0, 0.05) is 11.6 Å². The third-order valence-corrected chi connectivity index (χ3v) is 1.77. The van der Waals surface area contributed by atoms with Crippen molar-refractivity contribution in [3.63, 3.8) is 0 Å². The zero-order chi connectivity index (χ0) is 11.4. The van der Waals surface area contributed by atoms with Crippen LogP contribution < -0.4 is 10.5 Å². The largest absolute Gasteiger partial charge is 0.497 e. The minimum atomic E-state index is -1.29. The molecule has 0 radical (unpaired) electrons. The highest BCUT2D eigenvalue weighted by Gasteiger charge is 2.05. The van der Waals surface area contributed by atoms with E-state index in [0.717, 1.165) is 12.1 Å². The summed E-state index contributed by atoms with van der Waals surface area (Å²) in [5.41, 5.74) is 4.84. The Morgan fingerprint density at radius 1 is 1.60 bits per heavy atom. The first-order chi connectivity index (χ1) is 7.04. The van der Waals surface area contributed by atoms with Gasteiger partial charge in [-0.2, -0.15) is 0 Å². The Morgan fingerprint density at radius 2 is 2.27 bits per heavy atom. The molecule has 0 atom stereocenters. The third kappa shape index (κ3) is 2.70. The number of halogens is 1. The SMILES string of the molecule is COc1ccc(C=C(N)C(=O)O)c(F)c1. The fraction of sp³-hybridized carbons (Fsp3) is 0.100. The van der Waals surface area contributed by atoms with Gasteiger partial charge in [-0.15, -0.1) is 0 Å². The first-order valence-electron chi connectivity index (χ1n) is 4.08. The van der Waals surface area contributed by atoms with E-state index in [2.05, 4.69) is 0 Å². The molecule has 15 heavy (non-hydrogen) atoms. The van der Waals surface area contributed by atoms with Crippen LogP contribution in [0.3, 0.4) is 0 Å². The van der Waals surface area contributed by atoms with Gasteiger partial charge in [0.15, 0.2) is 0 Å². The predicted molar refractivity (Wildman–Crippen MR) is 52.8 cm³/mol. The van der Waals surface area contributed by atoms with Crippen molar-refractivity contribution in [2.24, 2.45) is 5.73 Å². The first kappa shape index (κ1) is 11.0. The summed E-state index contributed by atoms with van der Waals surface area (Å²) in [6.07, 6.45) is 1.05. The van der Waals surface area contributed by atoms with Crippen molar-refractivity contribution in [2.45, 2.75) is 0 Å². The average molecular weight is 211 g/mol. The number of methoxy groups -OCH3 is 1. The normalized spacial score (nSPS) is 11.2. The van der Waals surface area contributed by atoms with Gasteiger partial charge >= 0.3 is 5.97 Å². The summed E-state index contributed by atoms with van der Waals surface area (Å²) in [4.78, 5) is 10.4. The van der Waals surface area contributed by atoms with Crippen molar-refractivity contribution < 1.29 is 19.0 Å². The van der Waals surface area contributed by atoms with E-state index in [-0.39, 0.29) is 5.56 Å². The molecular formula is C10H10FNO3. The van der Waals surface area contributed by atoms with Crippen molar-refractivity contribution >= 4 is 12.0 Å². The maximum Gasteiger partial charge on any atom is 0.351 e. The molecule has 80 valence electrons. The summed E-state index contributed by atoms with van der Waals surface area (Å²) in [5.74, 6) is -1.51. The number of rotatable bonds is 3. The second-order valence-corrected chi connectivity index (χ2v) is 2.79. The molecule has 0 fully saturated rings. The lowest BCUT2D eigenvalue weighted by Crippen LogP contribution is -2.09. The van der Waals surface area contributed by atoms with Crippen LogP contribution in [0, 0.1) is 5.82 Å². The van der Waals surface area contributed by atoms with Gasteiger partial charge in [0.2, 0.25) is 0 Å². The van der Waals surface area contributed by atoms with Crippen molar-refractivity contribution in [3.8, 4) is 5.75 Å². The van der Waals surface area contributed by atoms with Gasteiger partial charge in [-0.25, -0.2) is 9.18 Å². The van der Waals surface area contributed by atoms with E-state index >= 15 is 0 Å². The molecule has 0 aromatic heterocycles. The van der Waals surface area contributed by atoms with Crippen LogP contribution in [0.15, 0.2) is 23.9 Å². The van der Waals surface area contributed by atoms with Gasteiger partial charge in [0.25, 0.3) is 0 Å². The number of carboxylic acid groups (broad SMARTS) is 1. The molecule has 0 spiro atoms. The Hall–Kier alpha value is -2.04. The van der Waals surface area contributed by atoms with Crippen molar-refractivity contribution in [1.82, 2.24) is 0 Å². The van der Waals surface area contributed by atoms with E-state index in [9.17, 15) is 9.18 Å². The van der Waals surface area contributed by atoms with Gasteiger partial charge < -0.3 is 15.6 Å². The molecule has 4 nitrogen and oxygen atoms in total. The number of ether oxygens (including phenoxy) is 1. The smallest absolute Gasteiger partial charge is 0.351 e. The van der Waals surface area contributed by atoms with Crippen LogP contribution in [-0.4, -0.2) is 18.2 Å². The molecule has 0 saturated heterocycles. The number of hydrogen-bond acceptors (Lipinski definition) is 3. The summed E-state index contributed by atoms with van der Waals surface area (Å²) < 4.78 is 18.1. The highest BCUT2D eigenvalue weighted by molar-refractivity contribution is 5.91. The van der Waals surface area contributed by atoms with E-state index in [0.29, 0.717) is 5.75 Å². The van der Waals surface area contributed by atoms with Crippen LogP contribution in [0.25, 0.3) is 6.08 Å². The Labute approximate surface area is 85.8 Å². The zero-order valence-corrected chi connectivity index (χ0v) is 8.03. The van der Waals surface area contributed by atoms with Crippen LogP contribution in [0.1, 0.15) is 5.56 Å². The van der Waals surface area contributed by atoms with Crippen molar-refractivity contribution in [2.75, 3.05) is 7.11 Å². The highest BCUT2D eigenvalue weighted by Crippen LogP contribution is 2.17. The third-order valence-electron chi connectivity index (χ3n) is 1.77. The van der Waals surface area contributed by atoms with Crippen molar-refractivity contribution in [3.05, 3.63) is 35.3 Å². The van der Waals surface area contributed by atoms with E-state index < -0.39 is 17.5 Å². The highest BCUT2D eigenvalue weighted by atomic mass is 19.1. The Bertz CT molecular complexity index is 415. The Balaban J connectivity index is 3.07.